The summed E-state index contributed by atoms with van der Waals surface area (Å²) in [7, 11) is -2.27. The van der Waals surface area contributed by atoms with E-state index < -0.39 is 10.0 Å². The van der Waals surface area contributed by atoms with E-state index in [1.165, 1.54) is 13.1 Å². The van der Waals surface area contributed by atoms with Gasteiger partial charge in [-0.25, -0.2) is 8.42 Å². The van der Waals surface area contributed by atoms with E-state index in [4.69, 9.17) is 0 Å². The van der Waals surface area contributed by atoms with Gasteiger partial charge in [0.2, 0.25) is 0 Å². The van der Waals surface area contributed by atoms with Gasteiger partial charge in [0.15, 0.2) is 0 Å². The third-order valence-corrected chi connectivity index (χ3v) is 5.10. The van der Waals surface area contributed by atoms with Crippen LogP contribution in [0, 0.1) is 20.8 Å². The fourth-order valence-electron chi connectivity index (χ4n) is 2.30. The summed E-state index contributed by atoms with van der Waals surface area (Å²) >= 11 is 0. The van der Waals surface area contributed by atoms with Crippen molar-refractivity contribution in [2.75, 3.05) is 11.8 Å². The van der Waals surface area contributed by atoms with Gasteiger partial charge in [0.1, 0.15) is 0 Å². The van der Waals surface area contributed by atoms with Crippen LogP contribution in [0.2, 0.25) is 0 Å². The number of aryl methyl sites for hydroxylation is 3. The average Bonchev–Trinajstić information content (AvgIpc) is 2.49. The predicted molar refractivity (Wildman–Crippen MR) is 91.3 cm³/mol. The molecule has 1 amide bonds. The fourth-order valence-corrected chi connectivity index (χ4v) is 3.71. The van der Waals surface area contributed by atoms with Crippen LogP contribution >= 0.6 is 0 Å². The molecule has 0 saturated carbocycles. The first kappa shape index (κ1) is 17.0. The van der Waals surface area contributed by atoms with Gasteiger partial charge in [0.05, 0.1) is 10.6 Å². The summed E-state index contributed by atoms with van der Waals surface area (Å²) in [6.45, 7) is 5.49. The van der Waals surface area contributed by atoms with Gasteiger partial charge in [-0.3, -0.25) is 9.52 Å². The first-order chi connectivity index (χ1) is 10.7. The third-order valence-electron chi connectivity index (χ3n) is 3.59. The molecular weight excluding hydrogens is 312 g/mol. The highest BCUT2D eigenvalue weighted by atomic mass is 32.2. The highest BCUT2D eigenvalue weighted by Crippen LogP contribution is 2.23. The molecule has 0 radical (unpaired) electrons. The van der Waals surface area contributed by atoms with Crippen molar-refractivity contribution in [2.45, 2.75) is 25.7 Å². The Kier molecular flexibility index (Phi) is 4.75. The number of carbonyl (C=O) groups excluding carboxylic acids is 1. The second-order valence-corrected chi connectivity index (χ2v) is 7.13. The number of hydrogen-bond donors (Lipinski definition) is 2. The zero-order valence-electron chi connectivity index (χ0n) is 13.6. The molecule has 0 atom stereocenters. The molecule has 122 valence electrons. The molecule has 2 rings (SSSR count). The van der Waals surface area contributed by atoms with Crippen LogP contribution in [0.4, 0.5) is 5.69 Å². The number of amides is 1. The highest BCUT2D eigenvalue weighted by molar-refractivity contribution is 7.92. The highest BCUT2D eigenvalue weighted by Gasteiger charge is 2.19. The van der Waals surface area contributed by atoms with Crippen molar-refractivity contribution in [3.8, 4) is 0 Å². The lowest BCUT2D eigenvalue weighted by molar-refractivity contribution is 0.0963. The summed E-state index contributed by atoms with van der Waals surface area (Å²) < 4.78 is 28.0. The molecule has 0 aliphatic rings. The molecule has 0 heterocycles. The van der Waals surface area contributed by atoms with E-state index in [9.17, 15) is 13.2 Å². The molecule has 23 heavy (non-hydrogen) atoms. The van der Waals surface area contributed by atoms with Gasteiger partial charge in [0, 0.05) is 12.6 Å². The lowest BCUT2D eigenvalue weighted by Crippen LogP contribution is -2.20. The molecule has 0 saturated heterocycles. The van der Waals surface area contributed by atoms with Crippen LogP contribution in [0.25, 0.3) is 0 Å². The average molecular weight is 332 g/mol. The molecule has 0 aliphatic heterocycles. The van der Waals surface area contributed by atoms with E-state index in [-0.39, 0.29) is 10.8 Å². The maximum absolute atomic E-state index is 12.7. The predicted octanol–water partition coefficient (Wildman–Crippen LogP) is 2.77. The number of nitrogens with one attached hydrogen (secondary N) is 2. The Morgan fingerprint density at radius 3 is 2.26 bits per heavy atom. The van der Waals surface area contributed by atoms with Gasteiger partial charge in [-0.15, -0.1) is 0 Å². The van der Waals surface area contributed by atoms with Crippen LogP contribution in [-0.4, -0.2) is 21.4 Å². The molecule has 0 aromatic heterocycles. The molecule has 2 N–H and O–H groups in total. The zero-order valence-corrected chi connectivity index (χ0v) is 14.4. The Balaban J connectivity index is 2.45. The first-order valence-electron chi connectivity index (χ1n) is 7.17. The van der Waals surface area contributed by atoms with Crippen molar-refractivity contribution in [1.29, 1.82) is 0 Å². The van der Waals surface area contributed by atoms with E-state index in [2.05, 4.69) is 10.0 Å². The SMILES string of the molecule is CNC(=O)c1ccc(C)c(S(=O)(=O)Nc2ccc(C)cc2C)c1. The molecular formula is C17H20N2O3S. The fraction of sp³-hybridized carbons (Fsp3) is 0.235. The van der Waals surface area contributed by atoms with Crippen LogP contribution in [0.1, 0.15) is 27.0 Å². The van der Waals surface area contributed by atoms with E-state index in [0.29, 0.717) is 16.8 Å². The minimum absolute atomic E-state index is 0.0959. The largest absolute Gasteiger partial charge is 0.355 e. The van der Waals surface area contributed by atoms with Crippen molar-refractivity contribution < 1.29 is 13.2 Å². The van der Waals surface area contributed by atoms with Gasteiger partial charge >= 0.3 is 0 Å². The normalized spacial score (nSPS) is 11.1. The van der Waals surface area contributed by atoms with Gasteiger partial charge in [-0.2, -0.15) is 0 Å². The Morgan fingerprint density at radius 1 is 0.957 bits per heavy atom. The van der Waals surface area contributed by atoms with E-state index >= 15 is 0 Å². The summed E-state index contributed by atoms with van der Waals surface area (Å²) in [5, 5.41) is 2.49. The lowest BCUT2D eigenvalue weighted by atomic mass is 10.1. The smallest absolute Gasteiger partial charge is 0.262 e. The van der Waals surface area contributed by atoms with Crippen molar-refractivity contribution in [1.82, 2.24) is 5.32 Å². The monoisotopic (exact) mass is 332 g/mol. The Bertz CT molecular complexity index is 858. The summed E-state index contributed by atoms with van der Waals surface area (Å²) in [5.74, 6) is -0.326. The molecule has 2 aromatic rings. The van der Waals surface area contributed by atoms with E-state index in [1.807, 2.05) is 26.0 Å². The van der Waals surface area contributed by atoms with Crippen molar-refractivity contribution in [3.05, 3.63) is 58.7 Å². The van der Waals surface area contributed by atoms with Crippen LogP contribution in [-0.2, 0) is 10.0 Å². The molecule has 0 fully saturated rings. The number of hydrogen-bond acceptors (Lipinski definition) is 3. The molecule has 2 aromatic carbocycles. The van der Waals surface area contributed by atoms with Gasteiger partial charge in [-0.1, -0.05) is 23.8 Å². The van der Waals surface area contributed by atoms with E-state index in [0.717, 1.165) is 11.1 Å². The molecule has 0 aliphatic carbocycles. The lowest BCUT2D eigenvalue weighted by Gasteiger charge is -2.13. The quantitative estimate of drug-likeness (QED) is 0.904. The third kappa shape index (κ3) is 3.71. The van der Waals surface area contributed by atoms with Crippen LogP contribution in [0.5, 0.6) is 0 Å². The molecule has 0 bridgehead atoms. The van der Waals surface area contributed by atoms with Crippen LogP contribution in [0.3, 0.4) is 0 Å². The molecule has 0 unspecified atom stereocenters. The second-order valence-electron chi connectivity index (χ2n) is 5.48. The zero-order chi connectivity index (χ0) is 17.2. The number of sulfonamides is 1. The maximum atomic E-state index is 12.7. The van der Waals surface area contributed by atoms with Gasteiger partial charge in [-0.05, 0) is 50.1 Å². The molecule has 6 heteroatoms. The number of benzene rings is 2. The Labute approximate surface area is 136 Å². The molecule has 5 nitrogen and oxygen atoms in total. The van der Waals surface area contributed by atoms with Gasteiger partial charge in [0.25, 0.3) is 15.9 Å². The minimum atomic E-state index is -3.77. The summed E-state index contributed by atoms with van der Waals surface area (Å²) in [6.07, 6.45) is 0. The Morgan fingerprint density at radius 2 is 1.65 bits per heavy atom. The summed E-state index contributed by atoms with van der Waals surface area (Å²) in [5.41, 5.74) is 3.31. The van der Waals surface area contributed by atoms with Crippen molar-refractivity contribution in [3.63, 3.8) is 0 Å². The van der Waals surface area contributed by atoms with Crippen LogP contribution < -0.4 is 10.0 Å². The van der Waals surface area contributed by atoms with Crippen molar-refractivity contribution in [2.24, 2.45) is 0 Å². The molecule has 0 spiro atoms. The van der Waals surface area contributed by atoms with Crippen LogP contribution in [0.15, 0.2) is 41.3 Å². The standard InChI is InChI=1S/C17H20N2O3S/c1-11-5-8-15(13(3)9-11)19-23(21,22)16-10-14(17(20)18-4)7-6-12(16)2/h5-10,19H,1-4H3,(H,18,20). The van der Waals surface area contributed by atoms with Gasteiger partial charge < -0.3 is 5.32 Å². The summed E-state index contributed by atoms with van der Waals surface area (Å²) in [4.78, 5) is 11.8. The number of carbonyl (C=O) groups is 1. The Hall–Kier alpha value is -2.34. The maximum Gasteiger partial charge on any atom is 0.262 e. The summed E-state index contributed by atoms with van der Waals surface area (Å²) in [6, 6.07) is 10.1. The number of rotatable bonds is 4. The topological polar surface area (TPSA) is 75.3 Å². The van der Waals surface area contributed by atoms with Crippen molar-refractivity contribution >= 4 is 21.6 Å². The van der Waals surface area contributed by atoms with E-state index in [1.54, 1.807) is 25.1 Å². The first-order valence-corrected chi connectivity index (χ1v) is 8.65. The second kappa shape index (κ2) is 6.42. The number of anilines is 1. The minimum Gasteiger partial charge on any atom is -0.355 e.